The van der Waals surface area contributed by atoms with E-state index in [1.54, 1.807) is 22.6 Å². The standard InChI is InChI=1S/C16H17BrN2O3S2/c17-14-6-7-16(23-14)24(20,21)19-11-4-5-12(19)10-13(9-11)22-15-3-1-2-8-18-15/h1-3,6-8,11-13H,4-5,9-10H2. The Morgan fingerprint density at radius 1 is 1.17 bits per heavy atom. The first-order valence-corrected chi connectivity index (χ1v) is 11.0. The zero-order valence-corrected chi connectivity index (χ0v) is 16.1. The molecule has 5 nitrogen and oxygen atoms in total. The van der Waals surface area contributed by atoms with Gasteiger partial charge in [0.1, 0.15) is 10.3 Å². The first-order valence-electron chi connectivity index (χ1n) is 7.90. The molecule has 2 aromatic heterocycles. The van der Waals surface area contributed by atoms with Gasteiger partial charge in [0.25, 0.3) is 10.0 Å². The monoisotopic (exact) mass is 428 g/mol. The Labute approximate surface area is 153 Å². The smallest absolute Gasteiger partial charge is 0.253 e. The molecule has 0 amide bonds. The number of piperidine rings is 1. The van der Waals surface area contributed by atoms with Crippen LogP contribution in [0.1, 0.15) is 25.7 Å². The van der Waals surface area contributed by atoms with Crippen molar-refractivity contribution in [1.82, 2.24) is 9.29 Å². The van der Waals surface area contributed by atoms with Gasteiger partial charge >= 0.3 is 0 Å². The van der Waals surface area contributed by atoms with E-state index in [1.165, 1.54) is 11.3 Å². The number of rotatable bonds is 4. The molecule has 0 saturated carbocycles. The molecule has 128 valence electrons. The van der Waals surface area contributed by atoms with Gasteiger partial charge in [0.15, 0.2) is 0 Å². The maximum atomic E-state index is 13.0. The zero-order valence-electron chi connectivity index (χ0n) is 12.8. The molecular weight excluding hydrogens is 412 g/mol. The average Bonchev–Trinajstić information content (AvgIpc) is 3.11. The van der Waals surface area contributed by atoms with E-state index >= 15 is 0 Å². The molecule has 2 bridgehead atoms. The van der Waals surface area contributed by atoms with Crippen LogP contribution in [-0.2, 0) is 10.0 Å². The van der Waals surface area contributed by atoms with Crippen molar-refractivity contribution in [3.8, 4) is 5.88 Å². The fourth-order valence-corrected chi connectivity index (χ4v) is 7.71. The zero-order chi connectivity index (χ0) is 16.7. The summed E-state index contributed by atoms with van der Waals surface area (Å²) in [4.78, 5) is 4.20. The second-order valence-electron chi connectivity index (χ2n) is 6.16. The van der Waals surface area contributed by atoms with Gasteiger partial charge in [-0.05, 0) is 47.0 Å². The summed E-state index contributed by atoms with van der Waals surface area (Å²) in [6.45, 7) is 0. The molecule has 24 heavy (non-hydrogen) atoms. The Hall–Kier alpha value is -0.960. The number of thiophene rings is 1. The molecule has 0 aromatic carbocycles. The predicted molar refractivity (Wildman–Crippen MR) is 95.7 cm³/mol. The van der Waals surface area contributed by atoms with Gasteiger partial charge < -0.3 is 4.74 Å². The average molecular weight is 429 g/mol. The largest absolute Gasteiger partial charge is 0.474 e. The highest BCUT2D eigenvalue weighted by Gasteiger charge is 2.48. The SMILES string of the molecule is O=S(=O)(c1ccc(Br)s1)N1C2CCC1CC(Oc1ccccn1)C2. The molecule has 0 spiro atoms. The summed E-state index contributed by atoms with van der Waals surface area (Å²) in [5.41, 5.74) is 0. The maximum Gasteiger partial charge on any atom is 0.253 e. The summed E-state index contributed by atoms with van der Waals surface area (Å²) < 4.78 is 34.9. The molecule has 2 aliphatic heterocycles. The number of hydrogen-bond acceptors (Lipinski definition) is 5. The van der Waals surface area contributed by atoms with Gasteiger partial charge in [-0.3, -0.25) is 0 Å². The number of aromatic nitrogens is 1. The molecule has 2 atom stereocenters. The van der Waals surface area contributed by atoms with Crippen molar-refractivity contribution >= 4 is 37.3 Å². The number of ether oxygens (including phenoxy) is 1. The van der Waals surface area contributed by atoms with E-state index in [0.717, 1.165) is 29.5 Å². The molecular formula is C16H17BrN2O3S2. The van der Waals surface area contributed by atoms with Crippen LogP contribution in [0.5, 0.6) is 5.88 Å². The van der Waals surface area contributed by atoms with Crippen molar-refractivity contribution in [3.63, 3.8) is 0 Å². The van der Waals surface area contributed by atoms with Crippen LogP contribution in [0.3, 0.4) is 0 Å². The highest BCUT2D eigenvalue weighted by molar-refractivity contribution is 9.11. The molecule has 8 heteroatoms. The van der Waals surface area contributed by atoms with E-state index < -0.39 is 10.0 Å². The summed E-state index contributed by atoms with van der Waals surface area (Å²) in [6, 6.07) is 9.09. The first kappa shape index (κ1) is 16.5. The topological polar surface area (TPSA) is 59.5 Å². The van der Waals surface area contributed by atoms with Crippen LogP contribution in [-0.4, -0.2) is 35.9 Å². The third-order valence-electron chi connectivity index (χ3n) is 4.63. The van der Waals surface area contributed by atoms with E-state index in [0.29, 0.717) is 10.1 Å². The molecule has 0 aliphatic carbocycles. The molecule has 2 aliphatic rings. The number of halogens is 1. The van der Waals surface area contributed by atoms with Crippen molar-refractivity contribution in [2.24, 2.45) is 0 Å². The second kappa shape index (κ2) is 6.40. The number of pyridine rings is 1. The molecule has 2 saturated heterocycles. The third kappa shape index (κ3) is 3.00. The highest BCUT2D eigenvalue weighted by Crippen LogP contribution is 2.42. The number of sulfonamides is 1. The molecule has 0 radical (unpaired) electrons. The van der Waals surface area contributed by atoms with Gasteiger partial charge in [-0.15, -0.1) is 11.3 Å². The minimum Gasteiger partial charge on any atom is -0.474 e. The fraction of sp³-hybridized carbons (Fsp3) is 0.438. The van der Waals surface area contributed by atoms with Crippen molar-refractivity contribution in [1.29, 1.82) is 0 Å². The summed E-state index contributed by atoms with van der Waals surface area (Å²) in [7, 11) is -3.42. The lowest BCUT2D eigenvalue weighted by Gasteiger charge is -2.37. The lowest BCUT2D eigenvalue weighted by atomic mass is 10.0. The summed E-state index contributed by atoms with van der Waals surface area (Å²) in [5, 5.41) is 0. The Morgan fingerprint density at radius 2 is 1.92 bits per heavy atom. The minimum atomic E-state index is -3.42. The summed E-state index contributed by atoms with van der Waals surface area (Å²) >= 11 is 4.62. The second-order valence-corrected chi connectivity index (χ2v) is 10.7. The lowest BCUT2D eigenvalue weighted by Crippen LogP contribution is -2.49. The number of fused-ring (bicyclic) bond motifs is 2. The van der Waals surface area contributed by atoms with E-state index in [9.17, 15) is 8.42 Å². The van der Waals surface area contributed by atoms with Gasteiger partial charge in [0.2, 0.25) is 5.88 Å². The minimum absolute atomic E-state index is 0.0170. The van der Waals surface area contributed by atoms with Gasteiger partial charge in [-0.1, -0.05) is 6.07 Å². The highest BCUT2D eigenvalue weighted by atomic mass is 79.9. The van der Waals surface area contributed by atoms with E-state index in [4.69, 9.17) is 4.74 Å². The van der Waals surface area contributed by atoms with Crippen molar-refractivity contribution < 1.29 is 13.2 Å². The van der Waals surface area contributed by atoms with Crippen LogP contribution < -0.4 is 4.74 Å². The number of nitrogens with zero attached hydrogens (tertiary/aromatic N) is 2. The Bertz CT molecular complexity index is 811. The van der Waals surface area contributed by atoms with Crippen molar-refractivity contribution in [2.45, 2.75) is 48.1 Å². The van der Waals surface area contributed by atoms with Gasteiger partial charge in [-0.2, -0.15) is 4.31 Å². The van der Waals surface area contributed by atoms with Crippen LogP contribution in [0.15, 0.2) is 44.5 Å². The summed E-state index contributed by atoms with van der Waals surface area (Å²) in [5.74, 6) is 0.611. The van der Waals surface area contributed by atoms with Gasteiger partial charge in [0.05, 0.1) is 3.79 Å². The van der Waals surface area contributed by atoms with Crippen LogP contribution >= 0.6 is 27.3 Å². The van der Waals surface area contributed by atoms with Gasteiger partial charge in [-0.25, -0.2) is 13.4 Å². The van der Waals surface area contributed by atoms with E-state index in [2.05, 4.69) is 20.9 Å². The molecule has 0 N–H and O–H groups in total. The fourth-order valence-electron chi connectivity index (χ4n) is 3.70. The van der Waals surface area contributed by atoms with Crippen LogP contribution in [0.2, 0.25) is 0 Å². The predicted octanol–water partition coefficient (Wildman–Crippen LogP) is 3.67. The number of hydrogen-bond donors (Lipinski definition) is 0. The van der Waals surface area contributed by atoms with Crippen molar-refractivity contribution in [3.05, 3.63) is 40.3 Å². The maximum absolute atomic E-state index is 13.0. The van der Waals surface area contributed by atoms with E-state index in [1.807, 2.05) is 18.2 Å². The molecule has 2 fully saturated rings. The Kier molecular flexibility index (Phi) is 4.40. The molecule has 4 rings (SSSR count). The quantitative estimate of drug-likeness (QED) is 0.744. The van der Waals surface area contributed by atoms with E-state index in [-0.39, 0.29) is 18.2 Å². The Balaban J connectivity index is 1.53. The Morgan fingerprint density at radius 3 is 2.50 bits per heavy atom. The normalized spacial score (nSPS) is 27.3. The molecule has 2 unspecified atom stereocenters. The van der Waals surface area contributed by atoms with Crippen LogP contribution in [0, 0.1) is 0 Å². The molecule has 2 aromatic rings. The summed E-state index contributed by atoms with van der Waals surface area (Å²) in [6.07, 6.45) is 4.98. The lowest BCUT2D eigenvalue weighted by molar-refractivity contribution is 0.0919. The molecule has 4 heterocycles. The van der Waals surface area contributed by atoms with Crippen LogP contribution in [0.4, 0.5) is 0 Å². The van der Waals surface area contributed by atoms with Gasteiger partial charge in [0, 0.05) is 37.2 Å². The van der Waals surface area contributed by atoms with Crippen LogP contribution in [0.25, 0.3) is 0 Å². The third-order valence-corrected chi connectivity index (χ3v) is 8.72. The van der Waals surface area contributed by atoms with Crippen molar-refractivity contribution in [2.75, 3.05) is 0 Å². The first-order chi connectivity index (χ1) is 11.5.